The van der Waals surface area contributed by atoms with Gasteiger partial charge < -0.3 is 14.6 Å². The van der Waals surface area contributed by atoms with Crippen molar-refractivity contribution in [3.05, 3.63) is 90.5 Å². The third-order valence-electron chi connectivity index (χ3n) is 6.64. The van der Waals surface area contributed by atoms with Gasteiger partial charge in [0.1, 0.15) is 28.1 Å². The molecule has 6 rings (SSSR count). The van der Waals surface area contributed by atoms with Crippen molar-refractivity contribution in [2.75, 3.05) is 5.73 Å². The summed E-state index contributed by atoms with van der Waals surface area (Å²) < 4.78 is 11.5. The summed E-state index contributed by atoms with van der Waals surface area (Å²) in [7, 11) is 0. The van der Waals surface area contributed by atoms with Gasteiger partial charge in [-0.2, -0.15) is 0 Å². The Morgan fingerprint density at radius 3 is 1.56 bits per heavy atom. The van der Waals surface area contributed by atoms with Crippen molar-refractivity contribution in [2.24, 2.45) is 10.8 Å². The van der Waals surface area contributed by atoms with Crippen LogP contribution in [-0.4, -0.2) is 11.0 Å². The van der Waals surface area contributed by atoms with E-state index < -0.39 is 0 Å². The van der Waals surface area contributed by atoms with Crippen molar-refractivity contribution in [2.45, 2.75) is 48.0 Å². The maximum Gasteiger partial charge on any atom is 0.226 e. The quantitative estimate of drug-likeness (QED) is 0.166. The molecule has 0 saturated carbocycles. The van der Waals surface area contributed by atoms with Gasteiger partial charge in [-0.15, -0.1) is 0 Å². The number of carbonyl (C=O) groups excluding carboxylic acids is 2. The van der Waals surface area contributed by atoms with Crippen LogP contribution in [0.15, 0.2) is 93.8 Å². The largest absolute Gasteiger partial charge is 0.456 e. The number of halogens is 1. The Hall–Kier alpha value is -4.09. The summed E-state index contributed by atoms with van der Waals surface area (Å²) in [6.07, 6.45) is 0.455. The van der Waals surface area contributed by atoms with Crippen LogP contribution < -0.4 is 5.73 Å². The van der Waals surface area contributed by atoms with Gasteiger partial charge in [-0.3, -0.25) is 9.59 Å². The smallest absolute Gasteiger partial charge is 0.226 e. The van der Waals surface area contributed by atoms with Crippen LogP contribution in [0.1, 0.15) is 47.1 Å². The number of anilines is 1. The van der Waals surface area contributed by atoms with Gasteiger partial charge in [-0.25, -0.2) is 0 Å². The molecule has 0 amide bonds. The predicted octanol–water partition coefficient (Wildman–Crippen LogP) is 9.71. The molecule has 6 heteroatoms. The van der Waals surface area contributed by atoms with Gasteiger partial charge in [0, 0.05) is 50.5 Å². The van der Waals surface area contributed by atoms with E-state index in [1.807, 2.05) is 93.6 Å². The molecule has 0 aliphatic carbocycles. The summed E-state index contributed by atoms with van der Waals surface area (Å²) in [6, 6.07) is 27.8. The van der Waals surface area contributed by atoms with Crippen molar-refractivity contribution in [3.63, 3.8) is 0 Å². The molecule has 0 radical (unpaired) electrons. The fourth-order valence-electron chi connectivity index (χ4n) is 4.07. The summed E-state index contributed by atoms with van der Waals surface area (Å²) >= 11 is 5.11. The highest BCUT2D eigenvalue weighted by molar-refractivity contribution is 6.64. The number of nitrogens with two attached hydrogens (primary N) is 1. The molecule has 5 nitrogen and oxygen atoms in total. The monoisotopic (exact) mass is 569 g/mol. The second kappa shape index (κ2) is 11.8. The predicted molar refractivity (Wildman–Crippen MR) is 170 cm³/mol. The van der Waals surface area contributed by atoms with Crippen LogP contribution in [0.5, 0.6) is 0 Å². The van der Waals surface area contributed by atoms with Crippen LogP contribution in [0.25, 0.3) is 43.9 Å². The summed E-state index contributed by atoms with van der Waals surface area (Å²) in [5, 5.41) is 4.20. The lowest BCUT2D eigenvalue weighted by Gasteiger charge is -2.16. The molecule has 212 valence electrons. The highest BCUT2D eigenvalue weighted by Crippen LogP contribution is 2.31. The first-order chi connectivity index (χ1) is 19.2. The molecule has 2 heterocycles. The van der Waals surface area contributed by atoms with Gasteiger partial charge in [0.25, 0.3) is 0 Å². The van der Waals surface area contributed by atoms with Crippen molar-refractivity contribution in [3.8, 4) is 0 Å². The molecule has 0 unspecified atom stereocenters. The topological polar surface area (TPSA) is 86.4 Å². The minimum Gasteiger partial charge on any atom is -0.456 e. The Morgan fingerprint density at radius 1 is 0.634 bits per heavy atom. The Bertz CT molecular complexity index is 1850. The van der Waals surface area contributed by atoms with Gasteiger partial charge in [0.2, 0.25) is 5.24 Å². The van der Waals surface area contributed by atoms with Crippen LogP contribution in [0.3, 0.4) is 0 Å². The van der Waals surface area contributed by atoms with Crippen molar-refractivity contribution in [1.29, 1.82) is 0 Å². The zero-order valence-electron chi connectivity index (χ0n) is 24.4. The van der Waals surface area contributed by atoms with Crippen molar-refractivity contribution >= 4 is 72.2 Å². The number of fused-ring (bicyclic) bond motifs is 6. The molecular formula is C35H36ClNO4. The van der Waals surface area contributed by atoms with Crippen molar-refractivity contribution < 1.29 is 18.4 Å². The molecular weight excluding hydrogens is 534 g/mol. The average Bonchev–Trinajstić information content (AvgIpc) is 3.45. The van der Waals surface area contributed by atoms with Crippen LogP contribution in [-0.2, 0) is 16.0 Å². The zero-order chi connectivity index (χ0) is 29.9. The lowest BCUT2D eigenvalue weighted by atomic mass is 9.87. The number of para-hydroxylation sites is 2. The maximum atomic E-state index is 12.1. The van der Waals surface area contributed by atoms with Crippen LogP contribution in [0.4, 0.5) is 5.69 Å². The second-order valence-corrected chi connectivity index (χ2v) is 12.5. The van der Waals surface area contributed by atoms with E-state index in [1.54, 1.807) is 20.8 Å². The fourth-order valence-corrected chi connectivity index (χ4v) is 4.07. The normalized spacial score (nSPS) is 11.7. The third kappa shape index (κ3) is 7.17. The minimum absolute atomic E-state index is 0.243. The Balaban J connectivity index is 0.000000160. The number of nitrogen functional groups attached to an aromatic ring is 1. The number of hydrogen-bond donors (Lipinski definition) is 1. The average molecular weight is 570 g/mol. The summed E-state index contributed by atoms with van der Waals surface area (Å²) in [5.74, 6) is 0.243. The molecule has 0 bridgehead atoms. The lowest BCUT2D eigenvalue weighted by molar-refractivity contribution is -0.125. The number of furan rings is 2. The molecule has 0 saturated heterocycles. The molecule has 41 heavy (non-hydrogen) atoms. The second-order valence-electron chi connectivity index (χ2n) is 12.2. The highest BCUT2D eigenvalue weighted by Gasteiger charge is 2.21. The van der Waals surface area contributed by atoms with Crippen LogP contribution in [0.2, 0.25) is 0 Å². The Morgan fingerprint density at radius 2 is 1.07 bits per heavy atom. The summed E-state index contributed by atoms with van der Waals surface area (Å²) in [4.78, 5) is 22.3. The van der Waals surface area contributed by atoms with E-state index in [4.69, 9.17) is 26.2 Å². The zero-order valence-corrected chi connectivity index (χ0v) is 25.1. The standard InChI is InChI=1S/C18H18O2.C12H9NO.C5H9ClO/c1-18(2,3)17(19)11-12-8-9-14-13-6-4-5-7-15(13)20-16(14)10-12;13-8-5-6-10-9-3-1-2-4-11(9)14-12(10)7-8;1-5(2,3)4(6)7/h4-10H,11H2,1-3H3;1-7H,13H2;1-3H3. The van der Waals surface area contributed by atoms with E-state index in [0.29, 0.717) is 6.42 Å². The third-order valence-corrected chi connectivity index (χ3v) is 7.20. The SMILES string of the molecule is CC(C)(C)C(=O)Cc1ccc2c(c1)oc1ccccc12.CC(C)(C)C(=O)Cl.Nc1ccc2c(c1)oc1ccccc12. The molecule has 2 N–H and O–H groups in total. The number of rotatable bonds is 2. The van der Waals surface area contributed by atoms with Gasteiger partial charge in [0.15, 0.2) is 0 Å². The molecule has 4 aromatic carbocycles. The number of ketones is 1. The van der Waals surface area contributed by atoms with Crippen LogP contribution in [0, 0.1) is 10.8 Å². The first kappa shape index (κ1) is 29.9. The highest BCUT2D eigenvalue weighted by atomic mass is 35.5. The molecule has 2 aromatic heterocycles. The minimum atomic E-state index is -0.373. The number of benzene rings is 4. The van der Waals surface area contributed by atoms with E-state index in [9.17, 15) is 9.59 Å². The first-order valence-electron chi connectivity index (χ1n) is 13.5. The summed E-state index contributed by atoms with van der Waals surface area (Å²) in [5.41, 5.74) is 10.3. The molecule has 0 spiro atoms. The van der Waals surface area contributed by atoms with Crippen LogP contribution >= 0.6 is 11.6 Å². The molecule has 6 aromatic rings. The van der Waals surface area contributed by atoms with Gasteiger partial charge in [-0.05, 0) is 47.5 Å². The van der Waals surface area contributed by atoms with Crippen molar-refractivity contribution in [1.82, 2.24) is 0 Å². The molecule has 0 aliphatic heterocycles. The lowest BCUT2D eigenvalue weighted by Crippen LogP contribution is -2.21. The molecule has 0 atom stereocenters. The summed E-state index contributed by atoms with van der Waals surface area (Å²) in [6.45, 7) is 11.2. The van der Waals surface area contributed by atoms with E-state index in [-0.39, 0.29) is 21.9 Å². The number of hydrogen-bond acceptors (Lipinski definition) is 5. The molecule has 0 fully saturated rings. The van der Waals surface area contributed by atoms with E-state index >= 15 is 0 Å². The first-order valence-corrected chi connectivity index (χ1v) is 13.9. The number of carbonyl (C=O) groups is 2. The van der Waals surface area contributed by atoms with E-state index in [0.717, 1.165) is 55.1 Å². The van der Waals surface area contributed by atoms with Gasteiger partial charge in [0.05, 0.1) is 0 Å². The van der Waals surface area contributed by atoms with E-state index in [2.05, 4.69) is 12.1 Å². The molecule has 0 aliphatic rings. The fraction of sp³-hybridized carbons (Fsp3) is 0.257. The van der Waals surface area contributed by atoms with E-state index in [1.165, 1.54) is 0 Å². The number of Topliss-reactive ketones (excluding diaryl/α,β-unsaturated/α-hetero) is 1. The van der Waals surface area contributed by atoms with Gasteiger partial charge >= 0.3 is 0 Å². The van der Waals surface area contributed by atoms with Gasteiger partial charge in [-0.1, -0.05) is 90.1 Å². The maximum absolute atomic E-state index is 12.1. The Kier molecular flexibility index (Phi) is 8.60. The Labute approximate surface area is 245 Å².